The average molecular weight is 530 g/mol. The highest BCUT2D eigenvalue weighted by molar-refractivity contribution is 7.87. The van der Waals surface area contributed by atoms with E-state index in [4.69, 9.17) is 9.47 Å². The molecule has 35 heavy (non-hydrogen) atoms. The van der Waals surface area contributed by atoms with Gasteiger partial charge in [-0.15, -0.1) is 0 Å². The van der Waals surface area contributed by atoms with Crippen LogP contribution in [0, 0.1) is 16.0 Å². The standard InChI is InChI=1S/C19H25F3N2O10S/c1-16(2,3)32-14(26)11-10(34-35(30,31)19(20,21)22)8-7-9-12(13(25)18(9,11)24(28)29)23-15(27)33-17(4,5)6/h9,12H,7-8H2,1-6H3,(H,23,27)/t9-,12+,18?/m1/s1. The van der Waals surface area contributed by atoms with Gasteiger partial charge in [0.2, 0.25) is 5.78 Å². The van der Waals surface area contributed by atoms with Crippen LogP contribution in [0.4, 0.5) is 18.0 Å². The number of fused-ring (bicyclic) bond motifs is 1. The molecule has 0 radical (unpaired) electrons. The fourth-order valence-corrected chi connectivity index (χ4v) is 4.36. The summed E-state index contributed by atoms with van der Waals surface area (Å²) in [5.41, 5.74) is -12.5. The lowest BCUT2D eigenvalue weighted by Gasteiger charge is -2.49. The molecule has 16 heteroatoms. The number of hydrogen-bond acceptors (Lipinski definition) is 10. The predicted molar refractivity (Wildman–Crippen MR) is 110 cm³/mol. The van der Waals surface area contributed by atoms with Crippen LogP contribution in [0.15, 0.2) is 11.3 Å². The van der Waals surface area contributed by atoms with Crippen LogP contribution in [-0.4, -0.2) is 59.5 Å². The Morgan fingerprint density at radius 1 is 1.09 bits per heavy atom. The van der Waals surface area contributed by atoms with Gasteiger partial charge in [0.25, 0.3) is 0 Å². The Labute approximate surface area is 198 Å². The lowest BCUT2D eigenvalue weighted by molar-refractivity contribution is -0.562. The Morgan fingerprint density at radius 2 is 1.60 bits per heavy atom. The molecule has 1 saturated carbocycles. The third-order valence-corrected chi connectivity index (χ3v) is 5.98. The van der Waals surface area contributed by atoms with Gasteiger partial charge in [-0.05, 0) is 48.0 Å². The van der Waals surface area contributed by atoms with Crippen molar-refractivity contribution in [3.05, 3.63) is 21.4 Å². The molecule has 0 aromatic carbocycles. The maximum Gasteiger partial charge on any atom is 0.534 e. The summed E-state index contributed by atoms with van der Waals surface area (Å²) in [5.74, 6) is -5.63. The van der Waals surface area contributed by atoms with Gasteiger partial charge in [-0.25, -0.2) is 9.59 Å². The third kappa shape index (κ3) is 5.36. The molecule has 1 unspecified atom stereocenters. The second kappa shape index (κ2) is 8.64. The van der Waals surface area contributed by atoms with Gasteiger partial charge < -0.3 is 19.0 Å². The number of ketones is 1. The fourth-order valence-electron chi connectivity index (χ4n) is 3.83. The lowest BCUT2D eigenvalue weighted by Crippen LogP contribution is -2.77. The molecule has 0 bridgehead atoms. The van der Waals surface area contributed by atoms with Crippen molar-refractivity contribution in [1.82, 2.24) is 5.32 Å². The summed E-state index contributed by atoms with van der Waals surface area (Å²) in [6, 6.07) is -1.53. The first-order chi connectivity index (χ1) is 15.5. The Morgan fingerprint density at radius 3 is 2.03 bits per heavy atom. The van der Waals surface area contributed by atoms with Crippen molar-refractivity contribution in [3.63, 3.8) is 0 Å². The Bertz CT molecular complexity index is 1090. The molecule has 0 aromatic rings. The number of ether oxygens (including phenoxy) is 2. The molecule has 1 fully saturated rings. The number of amides is 1. The summed E-state index contributed by atoms with van der Waals surface area (Å²) in [5, 5.41) is 14.3. The van der Waals surface area contributed by atoms with Crippen molar-refractivity contribution >= 4 is 28.0 Å². The first-order valence-electron chi connectivity index (χ1n) is 10.2. The van der Waals surface area contributed by atoms with E-state index >= 15 is 0 Å². The maximum absolute atomic E-state index is 13.1. The van der Waals surface area contributed by atoms with Gasteiger partial charge in [-0.2, -0.15) is 21.6 Å². The smallest absolute Gasteiger partial charge is 0.456 e. The van der Waals surface area contributed by atoms with Gasteiger partial charge in [-0.1, -0.05) is 0 Å². The van der Waals surface area contributed by atoms with Crippen molar-refractivity contribution in [3.8, 4) is 0 Å². The van der Waals surface area contributed by atoms with Gasteiger partial charge in [0.15, 0.2) is 5.57 Å². The van der Waals surface area contributed by atoms with Crippen LogP contribution in [-0.2, 0) is 33.4 Å². The van der Waals surface area contributed by atoms with Crippen LogP contribution >= 0.6 is 0 Å². The maximum atomic E-state index is 13.1. The number of allylic oxidation sites excluding steroid dienone is 1. The SMILES string of the molecule is CC(C)(C)OC(=O)N[C@@H]1C(=O)C2([N+](=O)[O-])C(C(=O)OC(C)(C)C)=C(OS(=O)(=O)C(F)(F)F)CC[C@H]12. The van der Waals surface area contributed by atoms with Crippen molar-refractivity contribution in [2.75, 3.05) is 0 Å². The second-order valence-corrected chi connectivity index (χ2v) is 11.5. The molecule has 2 aliphatic carbocycles. The first-order valence-corrected chi connectivity index (χ1v) is 11.6. The van der Waals surface area contributed by atoms with Crippen LogP contribution in [0.25, 0.3) is 0 Å². The largest absolute Gasteiger partial charge is 0.534 e. The zero-order chi connectivity index (χ0) is 27.4. The summed E-state index contributed by atoms with van der Waals surface area (Å²) in [6.45, 7) is 8.58. The number of nitro groups is 1. The molecule has 3 atom stereocenters. The van der Waals surface area contributed by atoms with Crippen molar-refractivity contribution < 1.29 is 54.6 Å². The second-order valence-electron chi connectivity index (χ2n) is 9.94. The molecule has 2 aliphatic rings. The summed E-state index contributed by atoms with van der Waals surface area (Å²) < 4.78 is 76.2. The van der Waals surface area contributed by atoms with E-state index < -0.39 is 91.3 Å². The molecule has 12 nitrogen and oxygen atoms in total. The van der Waals surface area contributed by atoms with Crippen LogP contribution in [0.3, 0.4) is 0 Å². The van der Waals surface area contributed by atoms with E-state index in [1.165, 1.54) is 41.5 Å². The van der Waals surface area contributed by atoms with Gasteiger partial charge in [0.05, 0.1) is 5.92 Å². The van der Waals surface area contributed by atoms with E-state index in [-0.39, 0.29) is 0 Å². The topological polar surface area (TPSA) is 168 Å². The average Bonchev–Trinajstić information content (AvgIpc) is 2.60. The quantitative estimate of drug-likeness (QED) is 0.183. The highest BCUT2D eigenvalue weighted by atomic mass is 32.2. The molecule has 1 amide bonds. The zero-order valence-corrected chi connectivity index (χ0v) is 20.5. The van der Waals surface area contributed by atoms with E-state index in [0.29, 0.717) is 0 Å². The molecule has 0 aromatic heterocycles. The summed E-state index contributed by atoms with van der Waals surface area (Å²) in [4.78, 5) is 49.1. The zero-order valence-electron chi connectivity index (χ0n) is 19.6. The van der Waals surface area contributed by atoms with Crippen molar-refractivity contribution in [2.24, 2.45) is 5.92 Å². The van der Waals surface area contributed by atoms with Crippen molar-refractivity contribution in [1.29, 1.82) is 0 Å². The number of nitrogens with zero attached hydrogens (tertiary/aromatic N) is 1. The monoisotopic (exact) mass is 530 g/mol. The highest BCUT2D eigenvalue weighted by Crippen LogP contribution is 2.52. The number of carbonyl (C=O) groups excluding carboxylic acids is 3. The van der Waals surface area contributed by atoms with E-state index in [1.54, 1.807) is 0 Å². The normalized spacial score (nSPS) is 25.2. The van der Waals surface area contributed by atoms with Crippen molar-refractivity contribution in [2.45, 2.75) is 82.7 Å². The van der Waals surface area contributed by atoms with Gasteiger partial charge >= 0.3 is 33.2 Å². The molecular weight excluding hydrogens is 505 g/mol. The van der Waals surface area contributed by atoms with E-state index in [2.05, 4.69) is 9.50 Å². The summed E-state index contributed by atoms with van der Waals surface area (Å²) in [6.07, 6.45) is -2.27. The van der Waals surface area contributed by atoms with Crippen LogP contribution in [0.2, 0.25) is 0 Å². The first kappa shape index (κ1) is 28.3. The third-order valence-electron chi connectivity index (χ3n) is 5.00. The number of esters is 1. The number of carbonyl (C=O) groups is 3. The number of nitrogens with one attached hydrogen (secondary N) is 1. The molecule has 0 saturated heterocycles. The van der Waals surface area contributed by atoms with E-state index in [9.17, 15) is 46.1 Å². The Balaban J connectivity index is 2.62. The summed E-state index contributed by atoms with van der Waals surface area (Å²) >= 11 is 0. The number of alkyl halides is 3. The lowest BCUT2D eigenvalue weighted by atomic mass is 9.54. The number of hydrogen-bond donors (Lipinski definition) is 1. The van der Waals surface area contributed by atoms with Crippen LogP contribution in [0.5, 0.6) is 0 Å². The van der Waals surface area contributed by atoms with Gasteiger partial charge in [0.1, 0.15) is 23.0 Å². The number of alkyl carbamates (subject to hydrolysis) is 1. The van der Waals surface area contributed by atoms with Crippen LogP contribution in [0.1, 0.15) is 54.4 Å². The molecular formula is C19H25F3N2O10S. The summed E-state index contributed by atoms with van der Waals surface area (Å²) in [7, 11) is -6.34. The molecule has 1 N–H and O–H groups in total. The minimum Gasteiger partial charge on any atom is -0.456 e. The minimum atomic E-state index is -6.34. The molecule has 0 aliphatic heterocycles. The molecule has 0 heterocycles. The number of halogens is 3. The molecule has 0 spiro atoms. The van der Waals surface area contributed by atoms with Crippen LogP contribution < -0.4 is 5.32 Å². The van der Waals surface area contributed by atoms with Gasteiger partial charge in [-0.3, -0.25) is 14.9 Å². The van der Waals surface area contributed by atoms with E-state index in [1.807, 2.05) is 0 Å². The minimum absolute atomic E-state index is 0.470. The molecule has 2 rings (SSSR count). The van der Waals surface area contributed by atoms with Gasteiger partial charge in [0, 0.05) is 11.3 Å². The molecule has 198 valence electrons. The predicted octanol–water partition coefficient (Wildman–Crippen LogP) is 2.35. The number of Topliss-reactive ketones (excluding diaryl/α,β-unsaturated/α-hetero) is 1. The Hall–Kier alpha value is -2.91. The fraction of sp³-hybridized carbons (Fsp3) is 0.737. The number of rotatable bonds is 5. The highest BCUT2D eigenvalue weighted by Gasteiger charge is 2.78. The van der Waals surface area contributed by atoms with E-state index in [0.717, 1.165) is 0 Å². The Kier molecular flexibility index (Phi) is 6.99.